The molecule has 12 heteroatoms. The zero-order valence-electron chi connectivity index (χ0n) is 8.62. The van der Waals surface area contributed by atoms with Gasteiger partial charge in [-0.1, -0.05) is 0 Å². The summed E-state index contributed by atoms with van der Waals surface area (Å²) in [7, 11) is -5.37. The summed E-state index contributed by atoms with van der Waals surface area (Å²) in [5.41, 5.74) is 0. The molecule has 0 amide bonds. The molecule has 0 aromatic rings. The molecule has 1 aliphatic rings. The smallest absolute Gasteiger partial charge is 0.391 e. The van der Waals surface area contributed by atoms with Crippen LogP contribution >= 0.6 is 7.82 Å². The molecule has 5 atom stereocenters. The highest BCUT2D eigenvalue weighted by Crippen LogP contribution is 2.47. The van der Waals surface area contributed by atoms with Crippen molar-refractivity contribution in [1.29, 1.82) is 0 Å². The fourth-order valence-corrected chi connectivity index (χ4v) is 2.03. The molecule has 1 saturated heterocycles. The minimum atomic E-state index is -5.37. The standard InChI is InChI=1S/C6H12FO10P/c7-6(12)2(9)3(10)16-5(1-8,4(6)11)17-18(13,14)15/h2-4,8-12H,1H2,(H2,13,14,15)/t2-,3?,4+,5-,6-/m1/s1. The van der Waals surface area contributed by atoms with Crippen molar-refractivity contribution in [3.63, 3.8) is 0 Å². The number of rotatable bonds is 3. The minimum absolute atomic E-state index is 1.52. The van der Waals surface area contributed by atoms with Crippen molar-refractivity contribution in [3.8, 4) is 0 Å². The van der Waals surface area contributed by atoms with Crippen LogP contribution in [-0.2, 0) is 13.8 Å². The fourth-order valence-electron chi connectivity index (χ4n) is 1.43. The number of aliphatic hydroxyl groups excluding tert-OH is 4. The molecule has 108 valence electrons. The number of phosphoric ester groups is 1. The molecule has 0 aromatic carbocycles. The van der Waals surface area contributed by atoms with Gasteiger partial charge in [0.2, 0.25) is 5.79 Å². The maximum Gasteiger partial charge on any atom is 0.472 e. The molecule has 7 N–H and O–H groups in total. The molecule has 10 nitrogen and oxygen atoms in total. The van der Waals surface area contributed by atoms with Gasteiger partial charge in [0.05, 0.1) is 0 Å². The van der Waals surface area contributed by atoms with Gasteiger partial charge in [0.25, 0.3) is 5.85 Å². The normalized spacial score (nSPS) is 46.1. The van der Waals surface area contributed by atoms with Gasteiger partial charge in [-0.15, -0.1) is 0 Å². The molecule has 0 spiro atoms. The largest absolute Gasteiger partial charge is 0.472 e. The Morgan fingerprint density at radius 1 is 1.33 bits per heavy atom. The molecule has 1 rings (SSSR count). The Bertz CT molecular complexity index is 356. The van der Waals surface area contributed by atoms with Gasteiger partial charge in [0.15, 0.2) is 18.5 Å². The Labute approximate surface area is 99.1 Å². The summed E-state index contributed by atoms with van der Waals surface area (Å²) in [5.74, 6) is -7.06. The zero-order valence-corrected chi connectivity index (χ0v) is 9.51. The molecular weight excluding hydrogens is 282 g/mol. The second-order valence-corrected chi connectivity index (χ2v) is 4.80. The number of hydrogen-bond donors (Lipinski definition) is 7. The van der Waals surface area contributed by atoms with Crippen LogP contribution in [0.3, 0.4) is 0 Å². The maximum atomic E-state index is 13.5. The summed E-state index contributed by atoms with van der Waals surface area (Å²) >= 11 is 0. The van der Waals surface area contributed by atoms with E-state index >= 15 is 0 Å². The lowest BCUT2D eigenvalue weighted by Crippen LogP contribution is -2.71. The summed E-state index contributed by atoms with van der Waals surface area (Å²) in [6.45, 7) is -1.52. The van der Waals surface area contributed by atoms with E-state index in [1.54, 1.807) is 0 Å². The summed E-state index contributed by atoms with van der Waals surface area (Å²) in [4.78, 5) is 17.1. The van der Waals surface area contributed by atoms with Gasteiger partial charge in [-0.3, -0.25) is 0 Å². The van der Waals surface area contributed by atoms with E-state index in [1.807, 2.05) is 0 Å². The number of aliphatic hydroxyl groups is 5. The first-order valence-electron chi connectivity index (χ1n) is 4.47. The lowest BCUT2D eigenvalue weighted by molar-refractivity contribution is -0.428. The van der Waals surface area contributed by atoms with Crippen molar-refractivity contribution >= 4 is 7.82 Å². The first-order valence-corrected chi connectivity index (χ1v) is 6.00. The first kappa shape index (κ1) is 15.9. The third kappa shape index (κ3) is 2.70. The Morgan fingerprint density at radius 3 is 2.22 bits per heavy atom. The lowest BCUT2D eigenvalue weighted by atomic mass is 9.94. The van der Waals surface area contributed by atoms with E-state index in [2.05, 4.69) is 9.26 Å². The van der Waals surface area contributed by atoms with E-state index < -0.39 is 44.6 Å². The summed E-state index contributed by atoms with van der Waals surface area (Å²) in [5, 5.41) is 45.4. The molecule has 0 aromatic heterocycles. The van der Waals surface area contributed by atoms with Crippen molar-refractivity contribution < 1.29 is 53.5 Å². The quantitative estimate of drug-likeness (QED) is 0.258. The van der Waals surface area contributed by atoms with Gasteiger partial charge in [-0.25, -0.2) is 13.5 Å². The van der Waals surface area contributed by atoms with Crippen molar-refractivity contribution in [3.05, 3.63) is 0 Å². The van der Waals surface area contributed by atoms with Crippen molar-refractivity contribution in [1.82, 2.24) is 0 Å². The van der Waals surface area contributed by atoms with Crippen molar-refractivity contribution in [2.45, 2.75) is 30.1 Å². The van der Waals surface area contributed by atoms with Gasteiger partial charge in [-0.2, -0.15) is 0 Å². The third-order valence-electron chi connectivity index (χ3n) is 2.30. The highest BCUT2D eigenvalue weighted by atomic mass is 31.2. The van der Waals surface area contributed by atoms with Crippen LogP contribution < -0.4 is 0 Å². The third-order valence-corrected chi connectivity index (χ3v) is 2.85. The Hall–Kier alpha value is -0.200. The van der Waals surface area contributed by atoms with Crippen LogP contribution in [0.15, 0.2) is 0 Å². The Kier molecular flexibility index (Phi) is 4.16. The second-order valence-electron chi connectivity index (χ2n) is 3.64. The summed E-state index contributed by atoms with van der Waals surface area (Å²) < 4.78 is 32.3. The topological polar surface area (TPSA) is 177 Å². The minimum Gasteiger partial charge on any atom is -0.391 e. The molecule has 1 heterocycles. The zero-order chi connectivity index (χ0) is 14.4. The fraction of sp³-hybridized carbons (Fsp3) is 1.00. The number of alkyl halides is 1. The Morgan fingerprint density at radius 2 is 1.83 bits per heavy atom. The van der Waals surface area contributed by atoms with Crippen molar-refractivity contribution in [2.24, 2.45) is 0 Å². The average Bonchev–Trinajstić information content (AvgIpc) is 2.22. The Balaban J connectivity index is 3.16. The van der Waals surface area contributed by atoms with Gasteiger partial charge >= 0.3 is 7.82 Å². The SMILES string of the molecule is O=P(O)(O)O[C@@]1(CO)OC(O)[C@@H](O)[C@](O)(F)[C@H]1O. The van der Waals surface area contributed by atoms with Gasteiger partial charge in [0.1, 0.15) is 6.61 Å². The number of hydrogen-bond acceptors (Lipinski definition) is 8. The predicted molar refractivity (Wildman–Crippen MR) is 48.1 cm³/mol. The van der Waals surface area contributed by atoms with Crippen LogP contribution in [0.5, 0.6) is 0 Å². The van der Waals surface area contributed by atoms with Crippen LogP contribution in [-0.4, -0.2) is 72.1 Å². The molecular formula is C6H12FO10P. The summed E-state index contributed by atoms with van der Waals surface area (Å²) in [6, 6.07) is 0. The van der Waals surface area contributed by atoms with Crippen LogP contribution in [0.2, 0.25) is 0 Å². The summed E-state index contributed by atoms with van der Waals surface area (Å²) in [6.07, 6.45) is -8.02. The number of halogens is 1. The lowest BCUT2D eigenvalue weighted by Gasteiger charge is -2.47. The van der Waals surface area contributed by atoms with Crippen LogP contribution in [0.4, 0.5) is 4.39 Å². The van der Waals surface area contributed by atoms with E-state index in [9.17, 15) is 14.1 Å². The van der Waals surface area contributed by atoms with E-state index in [4.69, 9.17) is 30.2 Å². The van der Waals surface area contributed by atoms with Crippen LogP contribution in [0.25, 0.3) is 0 Å². The average molecular weight is 294 g/mol. The second kappa shape index (κ2) is 4.72. The van der Waals surface area contributed by atoms with Crippen molar-refractivity contribution in [2.75, 3.05) is 6.61 Å². The van der Waals surface area contributed by atoms with Gasteiger partial charge < -0.3 is 40.1 Å². The molecule has 0 bridgehead atoms. The molecule has 1 fully saturated rings. The van der Waals surface area contributed by atoms with E-state index in [0.29, 0.717) is 0 Å². The van der Waals surface area contributed by atoms with Crippen LogP contribution in [0.1, 0.15) is 0 Å². The first-order chi connectivity index (χ1) is 7.96. The molecule has 1 aliphatic heterocycles. The number of ether oxygens (including phenoxy) is 1. The predicted octanol–water partition coefficient (Wildman–Crippen LogP) is -3.49. The van der Waals surface area contributed by atoms with E-state index in [0.717, 1.165) is 0 Å². The molecule has 0 saturated carbocycles. The molecule has 1 unspecified atom stereocenters. The molecule has 0 radical (unpaired) electrons. The highest BCUT2D eigenvalue weighted by Gasteiger charge is 2.65. The molecule has 18 heavy (non-hydrogen) atoms. The number of phosphoric acid groups is 1. The van der Waals surface area contributed by atoms with Gasteiger partial charge in [0, 0.05) is 0 Å². The van der Waals surface area contributed by atoms with E-state index in [-0.39, 0.29) is 0 Å². The van der Waals surface area contributed by atoms with Crippen LogP contribution in [0, 0.1) is 0 Å². The maximum absolute atomic E-state index is 13.5. The van der Waals surface area contributed by atoms with E-state index in [1.165, 1.54) is 0 Å². The highest BCUT2D eigenvalue weighted by molar-refractivity contribution is 7.46. The van der Waals surface area contributed by atoms with Gasteiger partial charge in [-0.05, 0) is 0 Å². The molecule has 0 aliphatic carbocycles. The monoisotopic (exact) mass is 294 g/mol.